The lowest BCUT2D eigenvalue weighted by Crippen LogP contribution is -2.48. The van der Waals surface area contributed by atoms with E-state index in [1.165, 1.54) is 11.3 Å². The van der Waals surface area contributed by atoms with Gasteiger partial charge in [0.05, 0.1) is 16.6 Å². The topological polar surface area (TPSA) is 58.4 Å². The lowest BCUT2D eigenvalue weighted by molar-refractivity contribution is 0.0647. The summed E-state index contributed by atoms with van der Waals surface area (Å²) in [5, 5.41) is 0.615. The summed E-state index contributed by atoms with van der Waals surface area (Å²) in [5.41, 5.74) is 0.768. The summed E-state index contributed by atoms with van der Waals surface area (Å²) in [6.45, 7) is 11.2. The molecule has 0 saturated carbocycles. The molecule has 1 amide bonds. The molecular formula is C19H28N4O2S. The van der Waals surface area contributed by atoms with Gasteiger partial charge in [0, 0.05) is 32.7 Å². The highest BCUT2D eigenvalue weighted by molar-refractivity contribution is 7.20. The molecule has 2 aromatic heterocycles. The van der Waals surface area contributed by atoms with Gasteiger partial charge in [-0.2, -0.15) is 0 Å². The standard InChI is InChI=1S/C19H28N4O2S/c1-4-6-7-8-23-13-20-17-15(18(23)24)14(3)16(26-17)19(25)22-11-9-21(5-2)10-12-22/h13H,4-12H2,1-3H3. The molecule has 7 heteroatoms. The summed E-state index contributed by atoms with van der Waals surface area (Å²) in [6, 6.07) is 0. The fourth-order valence-corrected chi connectivity index (χ4v) is 4.57. The Bertz CT molecular complexity index is 834. The van der Waals surface area contributed by atoms with Crippen LogP contribution in [0.1, 0.15) is 48.3 Å². The van der Waals surface area contributed by atoms with Crippen LogP contribution in [0.5, 0.6) is 0 Å². The van der Waals surface area contributed by atoms with Gasteiger partial charge in [0.25, 0.3) is 11.5 Å². The second kappa shape index (κ2) is 8.31. The van der Waals surface area contributed by atoms with Gasteiger partial charge in [-0.1, -0.05) is 26.7 Å². The number of likely N-dealkylation sites (N-methyl/N-ethyl adjacent to an activating group) is 1. The van der Waals surface area contributed by atoms with Crippen molar-refractivity contribution in [2.45, 2.75) is 46.6 Å². The summed E-state index contributed by atoms with van der Waals surface area (Å²) >= 11 is 1.35. The Morgan fingerprint density at radius 1 is 1.19 bits per heavy atom. The molecule has 1 saturated heterocycles. The quantitative estimate of drug-likeness (QED) is 0.728. The molecule has 1 aliphatic rings. The van der Waals surface area contributed by atoms with Gasteiger partial charge in [-0.15, -0.1) is 11.3 Å². The Balaban J connectivity index is 1.86. The molecule has 3 rings (SSSR count). The van der Waals surface area contributed by atoms with Crippen molar-refractivity contribution in [3.63, 3.8) is 0 Å². The number of aromatic nitrogens is 2. The van der Waals surface area contributed by atoms with E-state index in [1.54, 1.807) is 10.9 Å². The molecular weight excluding hydrogens is 348 g/mol. The minimum Gasteiger partial charge on any atom is -0.335 e. The average Bonchev–Trinajstić information content (AvgIpc) is 3.00. The first-order chi connectivity index (χ1) is 12.6. The van der Waals surface area contributed by atoms with E-state index < -0.39 is 0 Å². The number of thiophene rings is 1. The SMILES string of the molecule is CCCCCn1cnc2sc(C(=O)N3CCN(CC)CC3)c(C)c2c1=O. The van der Waals surface area contributed by atoms with Crippen molar-refractivity contribution in [2.24, 2.45) is 0 Å². The van der Waals surface area contributed by atoms with E-state index in [-0.39, 0.29) is 11.5 Å². The highest BCUT2D eigenvalue weighted by atomic mass is 32.1. The van der Waals surface area contributed by atoms with Crippen LogP contribution in [0.3, 0.4) is 0 Å². The van der Waals surface area contributed by atoms with Gasteiger partial charge in [0.2, 0.25) is 0 Å². The maximum Gasteiger partial charge on any atom is 0.264 e. The lowest BCUT2D eigenvalue weighted by atomic mass is 10.2. The maximum atomic E-state index is 13.0. The number of fused-ring (bicyclic) bond motifs is 1. The van der Waals surface area contributed by atoms with Gasteiger partial charge in [0.15, 0.2) is 0 Å². The lowest BCUT2D eigenvalue weighted by Gasteiger charge is -2.33. The third-order valence-electron chi connectivity index (χ3n) is 5.22. The minimum atomic E-state index is -0.0188. The van der Waals surface area contributed by atoms with Crippen LogP contribution >= 0.6 is 11.3 Å². The number of nitrogens with zero attached hydrogens (tertiary/aromatic N) is 4. The Labute approximate surface area is 158 Å². The molecule has 0 N–H and O–H groups in total. The fraction of sp³-hybridized carbons (Fsp3) is 0.632. The van der Waals surface area contributed by atoms with Crippen molar-refractivity contribution < 1.29 is 4.79 Å². The molecule has 0 unspecified atom stereocenters. The number of carbonyl (C=O) groups excluding carboxylic acids is 1. The average molecular weight is 377 g/mol. The van der Waals surface area contributed by atoms with Crippen molar-refractivity contribution in [3.8, 4) is 0 Å². The molecule has 2 aromatic rings. The van der Waals surface area contributed by atoms with Gasteiger partial charge in [-0.25, -0.2) is 4.98 Å². The van der Waals surface area contributed by atoms with Gasteiger partial charge >= 0.3 is 0 Å². The molecule has 26 heavy (non-hydrogen) atoms. The maximum absolute atomic E-state index is 13.0. The van der Waals surface area contributed by atoms with Crippen LogP contribution in [0.25, 0.3) is 10.2 Å². The second-order valence-corrected chi connectivity index (χ2v) is 7.91. The van der Waals surface area contributed by atoms with Crippen molar-refractivity contribution in [3.05, 3.63) is 27.1 Å². The van der Waals surface area contributed by atoms with Crippen LogP contribution in [0.4, 0.5) is 0 Å². The number of amides is 1. The Kier molecular flexibility index (Phi) is 6.09. The number of aryl methyl sites for hydroxylation is 2. The fourth-order valence-electron chi connectivity index (χ4n) is 3.47. The van der Waals surface area contributed by atoms with Gasteiger partial charge in [-0.05, 0) is 25.5 Å². The van der Waals surface area contributed by atoms with Crippen molar-refractivity contribution in [2.75, 3.05) is 32.7 Å². The third-order valence-corrected chi connectivity index (χ3v) is 6.41. The largest absolute Gasteiger partial charge is 0.335 e. The zero-order chi connectivity index (χ0) is 18.7. The first-order valence-corrected chi connectivity index (χ1v) is 10.4. The second-order valence-electron chi connectivity index (χ2n) is 6.91. The zero-order valence-electron chi connectivity index (χ0n) is 16.0. The van der Waals surface area contributed by atoms with Crippen molar-refractivity contribution >= 4 is 27.5 Å². The molecule has 3 heterocycles. The predicted octanol–water partition coefficient (Wildman–Crippen LogP) is 2.73. The number of piperazine rings is 1. The molecule has 142 valence electrons. The number of unbranched alkanes of at least 4 members (excludes halogenated alkanes) is 2. The van der Waals surface area contributed by atoms with Gasteiger partial charge in [0.1, 0.15) is 4.83 Å². The molecule has 0 atom stereocenters. The van der Waals surface area contributed by atoms with Crippen LogP contribution in [0, 0.1) is 6.92 Å². The number of carbonyl (C=O) groups is 1. The first-order valence-electron chi connectivity index (χ1n) is 9.57. The molecule has 0 radical (unpaired) electrons. The smallest absolute Gasteiger partial charge is 0.264 e. The predicted molar refractivity (Wildman–Crippen MR) is 106 cm³/mol. The van der Waals surface area contributed by atoms with E-state index in [4.69, 9.17) is 0 Å². The van der Waals surface area contributed by atoms with Gasteiger partial charge in [-0.3, -0.25) is 14.2 Å². The summed E-state index contributed by atoms with van der Waals surface area (Å²) in [7, 11) is 0. The van der Waals surface area contributed by atoms with E-state index >= 15 is 0 Å². The Hall–Kier alpha value is -1.73. The summed E-state index contributed by atoms with van der Waals surface area (Å²) in [6.07, 6.45) is 4.82. The third kappa shape index (κ3) is 3.69. The van der Waals surface area contributed by atoms with Crippen molar-refractivity contribution in [1.29, 1.82) is 0 Å². The highest BCUT2D eigenvalue weighted by Crippen LogP contribution is 2.28. The van der Waals surface area contributed by atoms with E-state index in [0.717, 1.165) is 57.5 Å². The summed E-state index contributed by atoms with van der Waals surface area (Å²) < 4.78 is 1.69. The van der Waals surface area contributed by atoms with Crippen LogP contribution in [0.15, 0.2) is 11.1 Å². The number of rotatable bonds is 6. The molecule has 0 spiro atoms. The molecule has 0 aliphatic carbocycles. The normalized spacial score (nSPS) is 15.7. The molecule has 1 fully saturated rings. The molecule has 6 nitrogen and oxygen atoms in total. The van der Waals surface area contributed by atoms with E-state index in [0.29, 0.717) is 21.6 Å². The van der Waals surface area contributed by atoms with Crippen LogP contribution < -0.4 is 5.56 Å². The van der Waals surface area contributed by atoms with Crippen LogP contribution in [0.2, 0.25) is 0 Å². The molecule has 0 aromatic carbocycles. The number of hydrogen-bond donors (Lipinski definition) is 0. The zero-order valence-corrected chi connectivity index (χ0v) is 16.8. The van der Waals surface area contributed by atoms with E-state index in [1.807, 2.05) is 11.8 Å². The monoisotopic (exact) mass is 376 g/mol. The summed E-state index contributed by atoms with van der Waals surface area (Å²) in [4.78, 5) is 35.9. The molecule has 0 bridgehead atoms. The van der Waals surface area contributed by atoms with Crippen LogP contribution in [-0.4, -0.2) is 58.0 Å². The number of hydrogen-bond acceptors (Lipinski definition) is 5. The Morgan fingerprint density at radius 3 is 2.58 bits per heavy atom. The molecule has 1 aliphatic heterocycles. The first kappa shape index (κ1) is 19.0. The van der Waals surface area contributed by atoms with Gasteiger partial charge < -0.3 is 9.80 Å². The Morgan fingerprint density at radius 2 is 1.92 bits per heavy atom. The van der Waals surface area contributed by atoms with Crippen molar-refractivity contribution in [1.82, 2.24) is 19.4 Å². The summed E-state index contributed by atoms with van der Waals surface area (Å²) in [5.74, 6) is 0.0400. The van der Waals surface area contributed by atoms with E-state index in [9.17, 15) is 9.59 Å². The minimum absolute atomic E-state index is 0.0188. The van der Waals surface area contributed by atoms with Crippen LogP contribution in [-0.2, 0) is 6.54 Å². The van der Waals surface area contributed by atoms with E-state index in [2.05, 4.69) is 23.7 Å². The highest BCUT2D eigenvalue weighted by Gasteiger charge is 2.26.